The van der Waals surface area contributed by atoms with Gasteiger partial charge in [-0.1, -0.05) is 38.2 Å². The van der Waals surface area contributed by atoms with Crippen LogP contribution in [-0.4, -0.2) is 77.1 Å². The molecule has 0 aliphatic carbocycles. The number of aliphatic carboxylic acids is 1. The van der Waals surface area contributed by atoms with Crippen LogP contribution >= 0.6 is 0 Å². The summed E-state index contributed by atoms with van der Waals surface area (Å²) in [5.74, 6) is -1.68. The number of carbonyl (C=O) groups excluding carboxylic acids is 2. The van der Waals surface area contributed by atoms with Crippen molar-refractivity contribution in [1.82, 2.24) is 0 Å². The molecule has 2 aliphatic rings. The first-order valence-electron chi connectivity index (χ1n) is 12.9. The van der Waals surface area contributed by atoms with Crippen LogP contribution < -0.4 is 24.0 Å². The molecule has 2 fully saturated rings. The average molecular weight is 507 g/mol. The third kappa shape index (κ3) is 11.6. The molecule has 0 aromatic heterocycles. The van der Waals surface area contributed by atoms with E-state index in [0.717, 1.165) is 32.1 Å². The second kappa shape index (κ2) is 16.8. The molecule has 202 valence electrons. The van der Waals surface area contributed by atoms with E-state index in [2.05, 4.69) is 0 Å². The summed E-state index contributed by atoms with van der Waals surface area (Å²) in [5.41, 5.74) is 0.703. The van der Waals surface area contributed by atoms with Crippen molar-refractivity contribution in [2.24, 2.45) is 11.8 Å². The fourth-order valence-electron chi connectivity index (χ4n) is 4.58. The zero-order chi connectivity index (χ0) is 26.0. The summed E-state index contributed by atoms with van der Waals surface area (Å²) in [6.45, 7) is 6.05. The molecule has 0 amide bonds. The molecule has 36 heavy (non-hydrogen) atoms. The molecule has 3 N–H and O–H groups in total. The quantitative estimate of drug-likeness (QED) is 0.0729. The van der Waals surface area contributed by atoms with Crippen molar-refractivity contribution in [2.75, 3.05) is 13.2 Å². The minimum atomic E-state index is -1.06. The minimum Gasteiger partial charge on any atom is -0.550 e. The van der Waals surface area contributed by atoms with E-state index in [9.17, 15) is 30.0 Å². The van der Waals surface area contributed by atoms with Gasteiger partial charge in [0.05, 0.1) is 43.7 Å². The summed E-state index contributed by atoms with van der Waals surface area (Å²) in [6.07, 6.45) is 4.29. The standard InChI is InChI=1S/C26H44O9.Li/c1-16(13-23(30)33-11-9-7-5-4-6-8-10-22(28)29)12-20-25(32)24(31)19(15-34-20)14-21-26(35-21)17(2)18(3)27;/h13,17-21,24-27,31-32H,4-12,14-15H2,1-3H3,(H,28,29);/q;+1/p-1/t17-,18-,19-,20-,21-,24+,25-,26-;/m0./s1. The van der Waals surface area contributed by atoms with Crippen LogP contribution in [0, 0.1) is 11.8 Å². The first-order valence-corrected chi connectivity index (χ1v) is 12.9. The van der Waals surface area contributed by atoms with Crippen LogP contribution in [0.4, 0.5) is 0 Å². The Kier molecular flexibility index (Phi) is 15.5. The Morgan fingerprint density at radius 3 is 2.33 bits per heavy atom. The van der Waals surface area contributed by atoms with Crippen molar-refractivity contribution >= 4 is 11.9 Å². The van der Waals surface area contributed by atoms with Crippen molar-refractivity contribution in [3.63, 3.8) is 0 Å². The summed E-state index contributed by atoms with van der Waals surface area (Å²) in [6, 6.07) is 0. The number of hydrogen-bond acceptors (Lipinski definition) is 9. The number of carbonyl (C=O) groups is 2. The monoisotopic (exact) mass is 506 g/mol. The second-order valence-electron chi connectivity index (χ2n) is 10.2. The van der Waals surface area contributed by atoms with Crippen molar-refractivity contribution in [2.45, 2.75) is 115 Å². The number of esters is 1. The van der Waals surface area contributed by atoms with Crippen LogP contribution in [0.25, 0.3) is 0 Å². The molecular formula is C26H43LiO9. The van der Waals surface area contributed by atoms with Crippen molar-refractivity contribution in [3.05, 3.63) is 11.6 Å². The van der Waals surface area contributed by atoms with Gasteiger partial charge in [-0.15, -0.1) is 0 Å². The van der Waals surface area contributed by atoms with Gasteiger partial charge in [0, 0.05) is 23.9 Å². The summed E-state index contributed by atoms with van der Waals surface area (Å²) >= 11 is 0. The van der Waals surface area contributed by atoms with E-state index in [1.807, 2.05) is 6.92 Å². The summed E-state index contributed by atoms with van der Waals surface area (Å²) in [7, 11) is 0. The van der Waals surface area contributed by atoms with Crippen molar-refractivity contribution in [1.29, 1.82) is 0 Å². The van der Waals surface area contributed by atoms with Crippen LogP contribution in [0.1, 0.15) is 78.6 Å². The Morgan fingerprint density at radius 1 is 1.06 bits per heavy atom. The Balaban J connectivity index is 0.00000648. The van der Waals surface area contributed by atoms with Crippen LogP contribution in [0.2, 0.25) is 0 Å². The van der Waals surface area contributed by atoms with Gasteiger partial charge in [0.2, 0.25) is 0 Å². The topological polar surface area (TPSA) is 149 Å². The fourth-order valence-corrected chi connectivity index (χ4v) is 4.58. The number of epoxide rings is 1. The van der Waals surface area contributed by atoms with Gasteiger partial charge in [0.25, 0.3) is 0 Å². The molecule has 0 spiro atoms. The largest absolute Gasteiger partial charge is 1.00 e. The summed E-state index contributed by atoms with van der Waals surface area (Å²) in [5, 5.41) is 41.2. The van der Waals surface area contributed by atoms with E-state index in [0.29, 0.717) is 38.0 Å². The van der Waals surface area contributed by atoms with Crippen LogP contribution in [0.5, 0.6) is 0 Å². The molecule has 2 rings (SSSR count). The first kappa shape index (κ1) is 33.1. The molecule has 0 unspecified atom stereocenters. The Hall–Kier alpha value is -0.923. The summed E-state index contributed by atoms with van der Waals surface area (Å²) < 4.78 is 16.7. The van der Waals surface area contributed by atoms with Crippen LogP contribution in [0.15, 0.2) is 11.6 Å². The van der Waals surface area contributed by atoms with E-state index in [-0.39, 0.29) is 49.3 Å². The number of ether oxygens (including phenoxy) is 3. The first-order chi connectivity index (χ1) is 16.6. The zero-order valence-corrected chi connectivity index (χ0v) is 22.3. The number of unbranched alkanes of at least 4 members (excludes halogenated alkanes) is 5. The summed E-state index contributed by atoms with van der Waals surface area (Å²) in [4.78, 5) is 22.4. The van der Waals surface area contributed by atoms with Crippen molar-refractivity contribution < 1.29 is 63.1 Å². The van der Waals surface area contributed by atoms with Gasteiger partial charge in [-0.05, 0) is 46.0 Å². The molecule has 2 saturated heterocycles. The van der Waals surface area contributed by atoms with Crippen molar-refractivity contribution in [3.8, 4) is 0 Å². The number of hydrogen-bond donors (Lipinski definition) is 3. The zero-order valence-electron chi connectivity index (χ0n) is 22.3. The molecule has 10 heteroatoms. The van der Waals surface area contributed by atoms with Gasteiger partial charge in [-0.25, -0.2) is 4.79 Å². The van der Waals surface area contributed by atoms with E-state index in [1.165, 1.54) is 6.08 Å². The molecule has 9 nitrogen and oxygen atoms in total. The predicted octanol–water partition coefficient (Wildman–Crippen LogP) is -1.74. The van der Waals surface area contributed by atoms with E-state index in [4.69, 9.17) is 14.2 Å². The van der Waals surface area contributed by atoms with E-state index < -0.39 is 36.4 Å². The average Bonchev–Trinajstić information content (AvgIpc) is 3.55. The Labute approximate surface area is 226 Å². The van der Waals surface area contributed by atoms with Gasteiger partial charge < -0.3 is 39.4 Å². The molecule has 2 heterocycles. The molecule has 0 radical (unpaired) electrons. The number of carboxylic acid groups (broad SMARTS) is 1. The molecule has 8 atom stereocenters. The van der Waals surface area contributed by atoms with Gasteiger partial charge in [0.1, 0.15) is 6.10 Å². The fraction of sp³-hybridized carbons (Fsp3) is 0.846. The number of rotatable bonds is 16. The van der Waals surface area contributed by atoms with Gasteiger partial charge in [-0.2, -0.15) is 0 Å². The maximum atomic E-state index is 12.0. The number of carboxylic acids is 1. The van der Waals surface area contributed by atoms with Crippen LogP contribution in [0.3, 0.4) is 0 Å². The maximum Gasteiger partial charge on any atom is 1.00 e. The molecule has 0 bridgehead atoms. The Morgan fingerprint density at radius 2 is 1.69 bits per heavy atom. The number of aliphatic hydroxyl groups excluding tert-OH is 3. The normalized spacial score (nSPS) is 29.7. The SMILES string of the molecule is CC(=CC(=O)OCCCCCCCCC(=O)[O-])C[C@@H]1OC[C@H](C[C@@H]2O[C@H]2[C@@H](C)[C@H](C)O)[C@@H](O)[C@H]1O.[Li+]. The van der Waals surface area contributed by atoms with E-state index in [1.54, 1.807) is 13.8 Å². The second-order valence-corrected chi connectivity index (χ2v) is 10.2. The van der Waals surface area contributed by atoms with Gasteiger partial charge >= 0.3 is 24.8 Å². The number of aliphatic hydroxyl groups is 3. The van der Waals surface area contributed by atoms with E-state index >= 15 is 0 Å². The molecule has 0 aromatic carbocycles. The van der Waals surface area contributed by atoms with Gasteiger partial charge in [0.15, 0.2) is 0 Å². The maximum absolute atomic E-state index is 12.0. The van der Waals surface area contributed by atoms with Gasteiger partial charge in [-0.3, -0.25) is 0 Å². The van der Waals surface area contributed by atoms with Crippen LogP contribution in [-0.2, 0) is 23.8 Å². The minimum absolute atomic E-state index is 0. The molecular weight excluding hydrogens is 463 g/mol. The molecule has 0 saturated carbocycles. The molecule has 2 aliphatic heterocycles. The molecule has 0 aromatic rings. The Bertz CT molecular complexity index is 699. The smallest absolute Gasteiger partial charge is 0.550 e. The third-order valence-corrected chi connectivity index (χ3v) is 7.08. The third-order valence-electron chi connectivity index (χ3n) is 7.08. The predicted molar refractivity (Wildman–Crippen MR) is 126 cm³/mol.